The molecule has 0 fully saturated rings. The number of thiophene rings is 1. The van der Waals surface area contributed by atoms with Crippen LogP contribution in [0.4, 0.5) is 0 Å². The predicted molar refractivity (Wildman–Crippen MR) is 102 cm³/mol. The van der Waals surface area contributed by atoms with Gasteiger partial charge in [-0.05, 0) is 36.2 Å². The maximum absolute atomic E-state index is 12.7. The van der Waals surface area contributed by atoms with Gasteiger partial charge in [0.15, 0.2) is 11.5 Å². The summed E-state index contributed by atoms with van der Waals surface area (Å²) >= 11 is 1.20. The first-order valence-corrected chi connectivity index (χ1v) is 10.9. The van der Waals surface area contributed by atoms with Gasteiger partial charge < -0.3 is 9.47 Å². The number of hydrogen-bond donors (Lipinski definition) is 1. The molecule has 0 unspecified atom stereocenters. The molecule has 9 heteroatoms. The van der Waals surface area contributed by atoms with E-state index in [1.54, 1.807) is 24.4 Å². The van der Waals surface area contributed by atoms with Crippen LogP contribution in [0.2, 0.25) is 0 Å². The predicted octanol–water partition coefficient (Wildman–Crippen LogP) is 3.23. The number of sulfonamides is 1. The second kappa shape index (κ2) is 7.34. The van der Waals surface area contributed by atoms with E-state index < -0.39 is 10.0 Å². The number of fused-ring (bicyclic) bond motifs is 1. The molecule has 2 aromatic heterocycles. The van der Waals surface area contributed by atoms with Crippen molar-refractivity contribution in [2.24, 2.45) is 0 Å². The molecule has 0 spiro atoms. The molecule has 4 rings (SSSR count). The Morgan fingerprint density at radius 3 is 2.93 bits per heavy atom. The zero-order valence-electron chi connectivity index (χ0n) is 14.7. The van der Waals surface area contributed by atoms with Gasteiger partial charge in [0.2, 0.25) is 16.8 Å². The summed E-state index contributed by atoms with van der Waals surface area (Å²) in [5.74, 6) is 1.31. The van der Waals surface area contributed by atoms with Crippen LogP contribution in [-0.4, -0.2) is 25.0 Å². The standard InChI is InChI=1S/C18H19N3O4S2/c1-2-7-21-15(5-6-19-21)14-9-18(26-11-14)27(22,23)20-10-13-3-4-16-17(8-13)25-12-24-16/h3-6,8-9,11,20H,2,7,10,12H2,1H3. The number of nitrogens with one attached hydrogen (secondary N) is 1. The van der Waals surface area contributed by atoms with E-state index in [2.05, 4.69) is 16.7 Å². The van der Waals surface area contributed by atoms with Crippen molar-refractivity contribution in [1.82, 2.24) is 14.5 Å². The Morgan fingerprint density at radius 1 is 1.22 bits per heavy atom. The lowest BCUT2D eigenvalue weighted by atomic mass is 10.2. The van der Waals surface area contributed by atoms with Gasteiger partial charge in [-0.1, -0.05) is 13.0 Å². The Balaban J connectivity index is 1.49. The van der Waals surface area contributed by atoms with Crippen LogP contribution in [0.5, 0.6) is 11.5 Å². The molecule has 1 aliphatic rings. The number of hydrogen-bond acceptors (Lipinski definition) is 6. The third-order valence-electron chi connectivity index (χ3n) is 4.19. The maximum Gasteiger partial charge on any atom is 0.250 e. The molecule has 0 amide bonds. The van der Waals surface area contributed by atoms with Gasteiger partial charge in [0.25, 0.3) is 0 Å². The molecular formula is C18H19N3O4S2. The summed E-state index contributed by atoms with van der Waals surface area (Å²) in [5.41, 5.74) is 2.58. The first-order valence-electron chi connectivity index (χ1n) is 8.56. The van der Waals surface area contributed by atoms with Crippen molar-refractivity contribution < 1.29 is 17.9 Å². The fourth-order valence-electron chi connectivity index (χ4n) is 2.86. The number of benzene rings is 1. The van der Waals surface area contributed by atoms with Crippen LogP contribution in [0.25, 0.3) is 11.3 Å². The Labute approximate surface area is 161 Å². The van der Waals surface area contributed by atoms with Gasteiger partial charge in [-0.15, -0.1) is 11.3 Å². The van der Waals surface area contributed by atoms with Crippen molar-refractivity contribution in [3.05, 3.63) is 47.5 Å². The first-order chi connectivity index (χ1) is 13.1. The molecular weight excluding hydrogens is 386 g/mol. The van der Waals surface area contributed by atoms with Gasteiger partial charge >= 0.3 is 0 Å². The molecule has 142 valence electrons. The van der Waals surface area contributed by atoms with Crippen LogP contribution in [0.1, 0.15) is 18.9 Å². The van der Waals surface area contributed by atoms with E-state index in [1.807, 2.05) is 22.2 Å². The van der Waals surface area contributed by atoms with E-state index in [4.69, 9.17) is 9.47 Å². The van der Waals surface area contributed by atoms with E-state index in [1.165, 1.54) is 11.3 Å². The highest BCUT2D eigenvalue weighted by atomic mass is 32.2. The van der Waals surface area contributed by atoms with E-state index in [0.29, 0.717) is 11.5 Å². The zero-order valence-corrected chi connectivity index (χ0v) is 16.3. The second-order valence-electron chi connectivity index (χ2n) is 6.11. The topological polar surface area (TPSA) is 82.5 Å². The van der Waals surface area contributed by atoms with E-state index in [-0.39, 0.29) is 17.5 Å². The van der Waals surface area contributed by atoms with Crippen molar-refractivity contribution >= 4 is 21.4 Å². The van der Waals surface area contributed by atoms with E-state index in [9.17, 15) is 8.42 Å². The molecule has 1 N–H and O–H groups in total. The number of aryl methyl sites for hydroxylation is 1. The van der Waals surface area contributed by atoms with Crippen LogP contribution < -0.4 is 14.2 Å². The molecule has 0 saturated carbocycles. The van der Waals surface area contributed by atoms with E-state index in [0.717, 1.165) is 29.8 Å². The fraction of sp³-hybridized carbons (Fsp3) is 0.278. The van der Waals surface area contributed by atoms with Gasteiger partial charge in [0, 0.05) is 30.2 Å². The lowest BCUT2D eigenvalue weighted by Gasteiger charge is -2.06. The normalized spacial score (nSPS) is 13.2. The van der Waals surface area contributed by atoms with Crippen LogP contribution >= 0.6 is 11.3 Å². The van der Waals surface area contributed by atoms with Gasteiger partial charge in [-0.25, -0.2) is 13.1 Å². The average Bonchev–Trinajstić information content (AvgIpc) is 3.39. The van der Waals surface area contributed by atoms with Gasteiger partial charge in [0.05, 0.1) is 5.69 Å². The van der Waals surface area contributed by atoms with E-state index >= 15 is 0 Å². The molecule has 0 saturated heterocycles. The summed E-state index contributed by atoms with van der Waals surface area (Å²) in [6.45, 7) is 3.24. The molecule has 0 aliphatic carbocycles. The third kappa shape index (κ3) is 3.71. The Kier molecular flexibility index (Phi) is 4.90. The summed E-state index contributed by atoms with van der Waals surface area (Å²) in [4.78, 5) is 0. The molecule has 27 heavy (non-hydrogen) atoms. The van der Waals surface area contributed by atoms with Gasteiger partial charge in [0.1, 0.15) is 4.21 Å². The lowest BCUT2D eigenvalue weighted by Crippen LogP contribution is -2.22. The van der Waals surface area contributed by atoms with Crippen LogP contribution in [-0.2, 0) is 23.1 Å². The zero-order chi connectivity index (χ0) is 18.9. The molecule has 1 aliphatic heterocycles. The monoisotopic (exact) mass is 405 g/mol. The summed E-state index contributed by atoms with van der Waals surface area (Å²) in [6, 6.07) is 8.97. The highest BCUT2D eigenvalue weighted by Crippen LogP contribution is 2.33. The quantitative estimate of drug-likeness (QED) is 0.653. The molecule has 1 aromatic carbocycles. The Morgan fingerprint density at radius 2 is 2.07 bits per heavy atom. The Bertz CT molecular complexity index is 1060. The highest BCUT2D eigenvalue weighted by molar-refractivity contribution is 7.91. The van der Waals surface area contributed by atoms with Crippen molar-refractivity contribution in [3.63, 3.8) is 0 Å². The summed E-state index contributed by atoms with van der Waals surface area (Å²) in [5, 5.41) is 6.14. The Hall–Kier alpha value is -2.36. The van der Waals surface area contributed by atoms with Crippen LogP contribution in [0.15, 0.2) is 46.1 Å². The van der Waals surface area contributed by atoms with Gasteiger partial charge in [-0.2, -0.15) is 5.10 Å². The summed E-state index contributed by atoms with van der Waals surface area (Å²) in [7, 11) is -3.60. The van der Waals surface area contributed by atoms with Crippen molar-refractivity contribution in [1.29, 1.82) is 0 Å². The largest absolute Gasteiger partial charge is 0.454 e. The molecule has 7 nitrogen and oxygen atoms in total. The third-order valence-corrected chi connectivity index (χ3v) is 7.03. The molecule has 0 atom stereocenters. The van der Waals surface area contributed by atoms with Crippen molar-refractivity contribution in [3.8, 4) is 22.8 Å². The minimum Gasteiger partial charge on any atom is -0.454 e. The van der Waals surface area contributed by atoms with Crippen molar-refractivity contribution in [2.75, 3.05) is 6.79 Å². The summed E-state index contributed by atoms with van der Waals surface area (Å²) < 4.78 is 40.7. The molecule has 3 aromatic rings. The molecule has 0 radical (unpaired) electrons. The average molecular weight is 406 g/mol. The summed E-state index contributed by atoms with van der Waals surface area (Å²) in [6.07, 6.45) is 2.69. The fourth-order valence-corrected chi connectivity index (χ4v) is 5.10. The van der Waals surface area contributed by atoms with Crippen molar-refractivity contribution in [2.45, 2.75) is 30.6 Å². The first kappa shape index (κ1) is 18.0. The van der Waals surface area contributed by atoms with Crippen LogP contribution in [0.3, 0.4) is 0 Å². The number of nitrogens with zero attached hydrogens (tertiary/aromatic N) is 2. The number of aromatic nitrogens is 2. The second-order valence-corrected chi connectivity index (χ2v) is 9.01. The van der Waals surface area contributed by atoms with Gasteiger partial charge in [-0.3, -0.25) is 4.68 Å². The SMILES string of the molecule is CCCn1nccc1-c1csc(S(=O)(=O)NCc2ccc3c(c2)OCO3)c1. The van der Waals surface area contributed by atoms with Crippen LogP contribution in [0, 0.1) is 0 Å². The highest BCUT2D eigenvalue weighted by Gasteiger charge is 2.19. The maximum atomic E-state index is 12.7. The number of rotatable bonds is 7. The smallest absolute Gasteiger partial charge is 0.250 e. The minimum atomic E-state index is -3.60. The minimum absolute atomic E-state index is 0.181. The molecule has 3 heterocycles. The number of ether oxygens (including phenoxy) is 2. The lowest BCUT2D eigenvalue weighted by molar-refractivity contribution is 0.174. The molecule has 0 bridgehead atoms.